The summed E-state index contributed by atoms with van der Waals surface area (Å²) in [5, 5.41) is 1.01. The lowest BCUT2D eigenvalue weighted by molar-refractivity contribution is 0.318. The summed E-state index contributed by atoms with van der Waals surface area (Å²) < 4.78 is 8.27. The molecule has 0 amide bonds. The topological polar surface area (TPSA) is 35.0 Å². The molecular weight excluding hydrogens is 300 g/mol. The van der Waals surface area contributed by atoms with E-state index in [0.717, 1.165) is 41.6 Å². The number of ether oxygens (including phenoxy) is 1. The maximum absolute atomic E-state index is 5.76. The molecule has 0 unspecified atom stereocenters. The largest absolute Gasteiger partial charge is 0.484 e. The Morgan fingerprint density at radius 3 is 2.48 bits per heavy atom. The van der Waals surface area contributed by atoms with E-state index in [4.69, 9.17) is 4.74 Å². The highest BCUT2D eigenvalue weighted by Gasteiger charge is 2.10. The Hall–Kier alpha value is -1.46. The Morgan fingerprint density at radius 2 is 1.81 bits per heavy atom. The number of hydrogen-bond acceptors (Lipinski definition) is 5. The second-order valence-corrected chi connectivity index (χ2v) is 7.01. The first-order valence-electron chi connectivity index (χ1n) is 7.27. The van der Waals surface area contributed by atoms with E-state index in [1.54, 1.807) is 22.7 Å². The van der Waals surface area contributed by atoms with Gasteiger partial charge in [0.2, 0.25) is 0 Å². The molecule has 0 saturated heterocycles. The Kier molecular flexibility index (Phi) is 4.51. The molecule has 0 fully saturated rings. The molecule has 3 aromatic heterocycles. The Balaban J connectivity index is 1.79. The first-order chi connectivity index (χ1) is 10.3. The predicted molar refractivity (Wildman–Crippen MR) is 90.5 cm³/mol. The summed E-state index contributed by atoms with van der Waals surface area (Å²) in [5.41, 5.74) is 1.17. The molecule has 110 valence electrons. The second-order valence-electron chi connectivity index (χ2n) is 4.88. The van der Waals surface area contributed by atoms with Gasteiger partial charge in [-0.25, -0.2) is 9.97 Å². The van der Waals surface area contributed by atoms with Gasteiger partial charge in [-0.2, -0.15) is 0 Å². The average molecular weight is 318 g/mol. The fourth-order valence-corrected chi connectivity index (χ4v) is 4.18. The average Bonchev–Trinajstić information content (AvgIpc) is 3.06. The first-order valence-corrected chi connectivity index (χ1v) is 8.91. The van der Waals surface area contributed by atoms with Crippen LogP contribution >= 0.6 is 22.7 Å². The number of thiophene rings is 2. The lowest BCUT2D eigenvalue weighted by atomic mass is 10.3. The van der Waals surface area contributed by atoms with Crippen molar-refractivity contribution < 1.29 is 4.74 Å². The quantitative estimate of drug-likeness (QED) is 0.589. The van der Waals surface area contributed by atoms with Gasteiger partial charge in [0.05, 0.1) is 11.5 Å². The summed E-state index contributed by atoms with van der Waals surface area (Å²) in [4.78, 5) is 10.0. The molecule has 5 heteroatoms. The van der Waals surface area contributed by atoms with E-state index < -0.39 is 0 Å². The summed E-state index contributed by atoms with van der Waals surface area (Å²) in [7, 11) is 0. The highest BCUT2D eigenvalue weighted by molar-refractivity contribution is 7.30. The highest BCUT2D eigenvalue weighted by atomic mass is 32.1. The zero-order valence-electron chi connectivity index (χ0n) is 12.3. The summed E-state index contributed by atoms with van der Waals surface area (Å²) in [6, 6.07) is 4.29. The van der Waals surface area contributed by atoms with Crippen molar-refractivity contribution >= 4 is 32.1 Å². The third-order valence-corrected chi connectivity index (χ3v) is 5.46. The highest BCUT2D eigenvalue weighted by Crippen LogP contribution is 2.40. The number of nitrogens with zero attached hydrogens (tertiary/aromatic N) is 2. The Labute approximate surface area is 132 Å². The summed E-state index contributed by atoms with van der Waals surface area (Å²) in [5.74, 6) is 0.814. The molecular formula is C16H18N2OS2. The molecule has 3 aromatic rings. The third-order valence-electron chi connectivity index (χ3n) is 3.26. The minimum Gasteiger partial charge on any atom is -0.484 e. The first kappa shape index (κ1) is 14.5. The molecule has 3 rings (SSSR count). The van der Waals surface area contributed by atoms with Crippen LogP contribution in [-0.4, -0.2) is 16.6 Å². The van der Waals surface area contributed by atoms with Gasteiger partial charge in [-0.1, -0.05) is 31.6 Å². The number of fused-ring (bicyclic) bond motifs is 1. The van der Waals surface area contributed by atoms with Crippen LogP contribution in [0, 0.1) is 0 Å². The number of rotatable bonds is 6. The monoisotopic (exact) mass is 318 g/mol. The summed E-state index contributed by atoms with van der Waals surface area (Å²) >= 11 is 3.43. The van der Waals surface area contributed by atoms with Crippen LogP contribution < -0.4 is 4.74 Å². The van der Waals surface area contributed by atoms with Crippen LogP contribution in [0.15, 0.2) is 24.5 Å². The summed E-state index contributed by atoms with van der Waals surface area (Å²) in [6.07, 6.45) is 7.06. The Bertz CT molecular complexity index is 684. The van der Waals surface area contributed by atoms with E-state index in [1.807, 2.05) is 12.4 Å². The van der Waals surface area contributed by atoms with Crippen molar-refractivity contribution in [3.8, 4) is 15.8 Å². The van der Waals surface area contributed by atoms with Crippen LogP contribution in [0.5, 0.6) is 5.06 Å². The van der Waals surface area contributed by atoms with E-state index in [0.29, 0.717) is 0 Å². The molecule has 0 aliphatic heterocycles. The zero-order valence-corrected chi connectivity index (χ0v) is 13.9. The van der Waals surface area contributed by atoms with Gasteiger partial charge in [0.25, 0.3) is 0 Å². The molecule has 0 N–H and O–H groups in total. The number of unbranched alkanes of at least 4 members (excludes halogenated alkanes) is 1. The maximum atomic E-state index is 5.76. The number of aryl methyl sites for hydroxylation is 1. The fourth-order valence-electron chi connectivity index (χ4n) is 1.98. The van der Waals surface area contributed by atoms with E-state index in [2.05, 4.69) is 35.9 Å². The number of aromatic nitrogens is 2. The molecule has 0 aromatic carbocycles. The van der Waals surface area contributed by atoms with Gasteiger partial charge < -0.3 is 4.74 Å². The van der Waals surface area contributed by atoms with Crippen molar-refractivity contribution in [3.63, 3.8) is 0 Å². The molecule has 0 spiro atoms. The SMILES string of the molecule is CCCCOc1cc2sc(-c3ncc(CC)cn3)cc2s1. The minimum absolute atomic E-state index is 0.804. The molecule has 0 aliphatic carbocycles. The molecule has 21 heavy (non-hydrogen) atoms. The zero-order chi connectivity index (χ0) is 14.7. The van der Waals surface area contributed by atoms with E-state index in [9.17, 15) is 0 Å². The van der Waals surface area contributed by atoms with Crippen LogP contribution in [0.25, 0.3) is 20.1 Å². The molecule has 0 saturated carbocycles. The molecule has 3 nitrogen and oxygen atoms in total. The van der Waals surface area contributed by atoms with E-state index in [1.165, 1.54) is 15.0 Å². The second kappa shape index (κ2) is 6.54. The smallest absolute Gasteiger partial charge is 0.175 e. The molecule has 0 aliphatic rings. The maximum Gasteiger partial charge on any atom is 0.175 e. The van der Waals surface area contributed by atoms with Crippen molar-refractivity contribution in [1.29, 1.82) is 0 Å². The van der Waals surface area contributed by atoms with Gasteiger partial charge in [0.15, 0.2) is 10.9 Å². The van der Waals surface area contributed by atoms with Gasteiger partial charge in [-0.3, -0.25) is 0 Å². The minimum atomic E-state index is 0.804. The van der Waals surface area contributed by atoms with Gasteiger partial charge in [0.1, 0.15) is 0 Å². The van der Waals surface area contributed by atoms with Crippen LogP contribution in [0.2, 0.25) is 0 Å². The van der Waals surface area contributed by atoms with Crippen LogP contribution in [0.4, 0.5) is 0 Å². The van der Waals surface area contributed by atoms with Crippen molar-refractivity contribution in [2.75, 3.05) is 6.61 Å². The molecule has 3 heterocycles. The molecule has 0 bridgehead atoms. The predicted octanol–water partition coefficient (Wildman–Crippen LogP) is 5.16. The molecule has 0 radical (unpaired) electrons. The van der Waals surface area contributed by atoms with Gasteiger partial charge in [-0.15, -0.1) is 11.3 Å². The van der Waals surface area contributed by atoms with Crippen LogP contribution in [-0.2, 0) is 6.42 Å². The molecule has 0 atom stereocenters. The van der Waals surface area contributed by atoms with Crippen molar-refractivity contribution in [1.82, 2.24) is 9.97 Å². The normalized spacial score (nSPS) is 11.1. The summed E-state index contributed by atoms with van der Waals surface area (Å²) in [6.45, 7) is 5.09. The van der Waals surface area contributed by atoms with E-state index in [-0.39, 0.29) is 0 Å². The van der Waals surface area contributed by atoms with Crippen molar-refractivity contribution in [3.05, 3.63) is 30.1 Å². The lowest BCUT2D eigenvalue weighted by Crippen LogP contribution is -1.93. The standard InChI is InChI=1S/C16H18N2OS2/c1-3-5-6-19-15-8-13-12(21-15)7-14(20-13)16-17-9-11(4-2)10-18-16/h7-10H,3-6H2,1-2H3. The Morgan fingerprint density at radius 1 is 1.05 bits per heavy atom. The third kappa shape index (κ3) is 3.24. The van der Waals surface area contributed by atoms with Gasteiger partial charge in [0, 0.05) is 27.9 Å². The van der Waals surface area contributed by atoms with E-state index >= 15 is 0 Å². The van der Waals surface area contributed by atoms with Gasteiger partial charge >= 0.3 is 0 Å². The fraction of sp³-hybridized carbons (Fsp3) is 0.375. The number of hydrogen-bond donors (Lipinski definition) is 0. The van der Waals surface area contributed by atoms with Crippen LogP contribution in [0.1, 0.15) is 32.3 Å². The lowest BCUT2D eigenvalue weighted by Gasteiger charge is -2.00. The van der Waals surface area contributed by atoms with Gasteiger partial charge in [-0.05, 0) is 24.5 Å². The van der Waals surface area contributed by atoms with Crippen LogP contribution in [0.3, 0.4) is 0 Å². The van der Waals surface area contributed by atoms with Crippen molar-refractivity contribution in [2.45, 2.75) is 33.1 Å². The van der Waals surface area contributed by atoms with Crippen molar-refractivity contribution in [2.24, 2.45) is 0 Å².